The van der Waals surface area contributed by atoms with Crippen molar-refractivity contribution in [2.24, 2.45) is 5.92 Å². The summed E-state index contributed by atoms with van der Waals surface area (Å²) in [5.41, 5.74) is 3.00. The van der Waals surface area contributed by atoms with E-state index in [0.717, 1.165) is 35.6 Å². The summed E-state index contributed by atoms with van der Waals surface area (Å²) in [7, 11) is 0. The lowest BCUT2D eigenvalue weighted by Crippen LogP contribution is -2.40. The van der Waals surface area contributed by atoms with Crippen LogP contribution in [0.1, 0.15) is 57.9 Å². The van der Waals surface area contributed by atoms with E-state index in [2.05, 4.69) is 22.3 Å². The van der Waals surface area contributed by atoms with E-state index >= 15 is 0 Å². The third-order valence-corrected chi connectivity index (χ3v) is 5.88. The van der Waals surface area contributed by atoms with Crippen LogP contribution in [0, 0.1) is 5.92 Å². The number of anilines is 3. The van der Waals surface area contributed by atoms with E-state index in [1.807, 2.05) is 51.1 Å². The van der Waals surface area contributed by atoms with Crippen molar-refractivity contribution in [3.8, 4) is 0 Å². The number of benzene rings is 2. The van der Waals surface area contributed by atoms with Gasteiger partial charge in [0.2, 0.25) is 0 Å². The molecule has 0 heterocycles. The smallest absolute Gasteiger partial charge is 0.303 e. The van der Waals surface area contributed by atoms with Crippen LogP contribution in [-0.2, 0) is 4.79 Å². The van der Waals surface area contributed by atoms with Crippen molar-refractivity contribution in [2.45, 2.75) is 58.0 Å². The monoisotopic (exact) mass is 444 g/mol. The molecular formula is C25H33ClN2O3. The van der Waals surface area contributed by atoms with Crippen molar-refractivity contribution < 1.29 is 15.0 Å². The van der Waals surface area contributed by atoms with Gasteiger partial charge in [0, 0.05) is 23.8 Å². The topological polar surface area (TPSA) is 72.8 Å². The van der Waals surface area contributed by atoms with Gasteiger partial charge in [0.15, 0.2) is 0 Å². The highest BCUT2D eigenvalue weighted by atomic mass is 35.5. The first kappa shape index (κ1) is 23.4. The molecule has 1 atom stereocenters. The fourth-order valence-corrected chi connectivity index (χ4v) is 4.03. The molecule has 0 aliphatic heterocycles. The first-order valence-electron chi connectivity index (χ1n) is 11.0. The molecule has 0 bridgehead atoms. The van der Waals surface area contributed by atoms with Crippen LogP contribution in [0.15, 0.2) is 42.5 Å². The lowest BCUT2D eigenvalue weighted by molar-refractivity contribution is -0.137. The summed E-state index contributed by atoms with van der Waals surface area (Å²) in [6, 6.07) is 13.7. The molecule has 0 amide bonds. The third-order valence-electron chi connectivity index (χ3n) is 5.62. The van der Waals surface area contributed by atoms with E-state index in [4.69, 9.17) is 11.6 Å². The lowest BCUT2D eigenvalue weighted by atomic mass is 9.92. The van der Waals surface area contributed by atoms with E-state index in [9.17, 15) is 15.0 Å². The molecule has 0 saturated heterocycles. The molecule has 1 fully saturated rings. The zero-order valence-electron chi connectivity index (χ0n) is 18.6. The molecule has 0 radical (unpaired) electrons. The largest absolute Gasteiger partial charge is 0.481 e. The van der Waals surface area contributed by atoms with Gasteiger partial charge in [-0.25, -0.2) is 0 Å². The highest BCUT2D eigenvalue weighted by molar-refractivity contribution is 6.30. The molecule has 1 aliphatic carbocycles. The molecule has 1 saturated carbocycles. The van der Waals surface area contributed by atoms with Gasteiger partial charge in [-0.3, -0.25) is 4.79 Å². The molecule has 0 aromatic heterocycles. The fraction of sp³-hybridized carbons (Fsp3) is 0.480. The summed E-state index contributed by atoms with van der Waals surface area (Å²) in [5.74, 6) is -0.190. The Kier molecular flexibility index (Phi) is 7.50. The molecule has 168 valence electrons. The van der Waals surface area contributed by atoms with Crippen molar-refractivity contribution in [1.29, 1.82) is 0 Å². The summed E-state index contributed by atoms with van der Waals surface area (Å²) in [6.07, 6.45) is 3.29. The van der Waals surface area contributed by atoms with Crippen LogP contribution in [-0.4, -0.2) is 34.9 Å². The Morgan fingerprint density at radius 1 is 1.23 bits per heavy atom. The molecule has 2 aromatic carbocycles. The predicted molar refractivity (Wildman–Crippen MR) is 128 cm³/mol. The Morgan fingerprint density at radius 3 is 2.45 bits per heavy atom. The summed E-state index contributed by atoms with van der Waals surface area (Å²) < 4.78 is 0. The number of nitrogens with zero attached hydrogens (tertiary/aromatic N) is 1. The second kappa shape index (κ2) is 9.92. The van der Waals surface area contributed by atoms with Gasteiger partial charge in [-0.05, 0) is 86.9 Å². The van der Waals surface area contributed by atoms with Gasteiger partial charge >= 0.3 is 5.97 Å². The maximum Gasteiger partial charge on any atom is 0.303 e. The number of rotatable bonds is 11. The molecule has 0 unspecified atom stereocenters. The fourth-order valence-electron chi connectivity index (χ4n) is 3.91. The highest BCUT2D eigenvalue weighted by Gasteiger charge is 2.29. The summed E-state index contributed by atoms with van der Waals surface area (Å²) in [5, 5.41) is 24.0. The number of hydrogen-bond acceptors (Lipinski definition) is 4. The van der Waals surface area contributed by atoms with Gasteiger partial charge in [-0.1, -0.05) is 24.6 Å². The van der Waals surface area contributed by atoms with E-state index < -0.39 is 11.6 Å². The number of carboxylic acid groups (broad SMARTS) is 1. The molecule has 31 heavy (non-hydrogen) atoms. The van der Waals surface area contributed by atoms with Gasteiger partial charge < -0.3 is 20.4 Å². The zero-order valence-corrected chi connectivity index (χ0v) is 19.3. The van der Waals surface area contributed by atoms with Crippen LogP contribution < -0.4 is 10.2 Å². The number of hydrogen-bond donors (Lipinski definition) is 3. The Hall–Kier alpha value is -2.24. The Bertz CT molecular complexity index is 889. The zero-order chi connectivity index (χ0) is 22.6. The molecule has 6 heteroatoms. The average Bonchev–Trinajstić information content (AvgIpc) is 3.50. The van der Waals surface area contributed by atoms with Gasteiger partial charge in [0.25, 0.3) is 0 Å². The Labute approximate surface area is 190 Å². The van der Waals surface area contributed by atoms with Crippen molar-refractivity contribution in [3.63, 3.8) is 0 Å². The molecule has 0 spiro atoms. The minimum atomic E-state index is -0.833. The number of aliphatic hydroxyl groups is 1. The normalized spacial score (nSPS) is 14.9. The van der Waals surface area contributed by atoms with E-state index in [-0.39, 0.29) is 12.3 Å². The number of aliphatic carboxylic acids is 1. The van der Waals surface area contributed by atoms with E-state index in [0.29, 0.717) is 17.5 Å². The van der Waals surface area contributed by atoms with Crippen LogP contribution >= 0.6 is 11.6 Å². The SMILES string of the molecule is CC[C@H](CC(=O)O)c1ccc(N(CC2CC2)CC(C)(C)O)c(Nc2ccc(Cl)cc2)c1. The van der Waals surface area contributed by atoms with Crippen LogP contribution in [0.25, 0.3) is 0 Å². The Morgan fingerprint density at radius 2 is 1.90 bits per heavy atom. The maximum absolute atomic E-state index is 11.3. The van der Waals surface area contributed by atoms with Crippen LogP contribution in [0.4, 0.5) is 17.1 Å². The van der Waals surface area contributed by atoms with Crippen molar-refractivity contribution in [2.75, 3.05) is 23.3 Å². The standard InChI is InChI=1S/C25H33ClN2O3/c1-4-18(14-24(29)30)19-7-12-23(28(15-17-5-6-17)16-25(2,3)31)22(13-19)27-21-10-8-20(26)9-11-21/h7-13,17-18,27,31H,4-6,14-16H2,1-3H3,(H,29,30)/t18-/m1/s1. The average molecular weight is 445 g/mol. The molecule has 3 rings (SSSR count). The maximum atomic E-state index is 11.3. The number of carboxylic acids is 1. The third kappa shape index (κ3) is 7.15. The predicted octanol–water partition coefficient (Wildman–Crippen LogP) is 6.04. The van der Waals surface area contributed by atoms with Gasteiger partial charge in [-0.15, -0.1) is 0 Å². The minimum Gasteiger partial charge on any atom is -0.481 e. The van der Waals surface area contributed by atoms with Crippen molar-refractivity contribution in [1.82, 2.24) is 0 Å². The lowest BCUT2D eigenvalue weighted by Gasteiger charge is -2.33. The summed E-state index contributed by atoms with van der Waals surface area (Å²) in [4.78, 5) is 13.6. The Balaban J connectivity index is 2.00. The van der Waals surface area contributed by atoms with Crippen LogP contribution in [0.5, 0.6) is 0 Å². The second-order valence-electron chi connectivity index (χ2n) is 9.25. The first-order valence-corrected chi connectivity index (χ1v) is 11.4. The van der Waals surface area contributed by atoms with E-state index in [1.165, 1.54) is 12.8 Å². The van der Waals surface area contributed by atoms with Gasteiger partial charge in [0.1, 0.15) is 0 Å². The van der Waals surface area contributed by atoms with Crippen molar-refractivity contribution >= 4 is 34.6 Å². The van der Waals surface area contributed by atoms with Crippen molar-refractivity contribution in [3.05, 3.63) is 53.1 Å². The van der Waals surface area contributed by atoms with Gasteiger partial charge in [0.05, 0.1) is 23.4 Å². The summed E-state index contributed by atoms with van der Waals surface area (Å²) >= 11 is 6.05. The number of nitrogens with one attached hydrogen (secondary N) is 1. The quantitative estimate of drug-likeness (QED) is 0.394. The van der Waals surface area contributed by atoms with Crippen LogP contribution in [0.2, 0.25) is 5.02 Å². The molecule has 1 aliphatic rings. The molecule has 5 nitrogen and oxygen atoms in total. The molecule has 3 N–H and O–H groups in total. The van der Waals surface area contributed by atoms with E-state index in [1.54, 1.807) is 0 Å². The summed E-state index contributed by atoms with van der Waals surface area (Å²) in [6.45, 7) is 7.08. The highest BCUT2D eigenvalue weighted by Crippen LogP contribution is 2.38. The molecular weight excluding hydrogens is 412 g/mol. The molecule has 2 aromatic rings. The second-order valence-corrected chi connectivity index (χ2v) is 9.68. The van der Waals surface area contributed by atoms with Crippen LogP contribution in [0.3, 0.4) is 0 Å². The number of carbonyl (C=O) groups is 1. The first-order chi connectivity index (χ1) is 14.6. The van der Waals surface area contributed by atoms with Gasteiger partial charge in [-0.2, -0.15) is 0 Å². The number of halogens is 1. The minimum absolute atomic E-state index is 0.0523.